The van der Waals surface area contributed by atoms with Gasteiger partial charge in [0.05, 0.1) is 23.7 Å². The summed E-state index contributed by atoms with van der Waals surface area (Å²) >= 11 is 0. The van der Waals surface area contributed by atoms with Crippen LogP contribution in [0.25, 0.3) is 0 Å². The van der Waals surface area contributed by atoms with Crippen molar-refractivity contribution >= 4 is 11.8 Å². The van der Waals surface area contributed by atoms with Crippen LogP contribution in [0.15, 0.2) is 60.8 Å². The Morgan fingerprint density at radius 2 is 1.69 bits per heavy atom. The molecule has 7 N–H and O–H groups in total. The number of aromatic amines is 1. The summed E-state index contributed by atoms with van der Waals surface area (Å²) in [6.07, 6.45) is 18.6. The summed E-state index contributed by atoms with van der Waals surface area (Å²) < 4.78 is 0. The molecule has 0 bridgehead atoms. The molecule has 2 aromatic heterocycles. The number of aliphatic hydroxyl groups excluding tert-OH is 2. The average molecular weight is 742 g/mol. The van der Waals surface area contributed by atoms with Gasteiger partial charge in [-0.2, -0.15) is 0 Å². The molecule has 3 aromatic rings. The summed E-state index contributed by atoms with van der Waals surface area (Å²) in [5.41, 5.74) is 12.0. The van der Waals surface area contributed by atoms with E-state index in [2.05, 4.69) is 73.2 Å². The molecule has 2 aliphatic rings. The van der Waals surface area contributed by atoms with Gasteiger partial charge in [0.1, 0.15) is 5.82 Å². The highest BCUT2D eigenvalue weighted by Crippen LogP contribution is 2.46. The molecule has 8 nitrogen and oxygen atoms in total. The molecule has 0 saturated heterocycles. The molecular weight excluding hydrogens is 675 g/mol. The second kappa shape index (κ2) is 19.9. The highest BCUT2D eigenvalue weighted by atomic mass is 16.4. The third-order valence-electron chi connectivity index (χ3n) is 12.4. The number of carbonyl (C=O) groups is 1. The Balaban J connectivity index is 1.15. The van der Waals surface area contributed by atoms with E-state index in [4.69, 9.17) is 5.73 Å². The number of carboxylic acid groups (broad SMARTS) is 1. The van der Waals surface area contributed by atoms with E-state index in [1.807, 2.05) is 12.1 Å². The van der Waals surface area contributed by atoms with Crippen LogP contribution in [0, 0.1) is 43.4 Å². The number of allylic oxidation sites excluding steroid dienone is 1. The topological polar surface area (TPSA) is 153 Å². The smallest absolute Gasteiger partial charge is 0.309 e. The summed E-state index contributed by atoms with van der Waals surface area (Å²) in [7, 11) is 0. The van der Waals surface area contributed by atoms with E-state index in [1.165, 1.54) is 36.0 Å². The molecule has 2 heterocycles. The largest absolute Gasteiger partial charge is 0.481 e. The average Bonchev–Trinajstić information content (AvgIpc) is 3.68. The number of aliphatic carboxylic acids is 1. The van der Waals surface area contributed by atoms with E-state index in [9.17, 15) is 25.2 Å². The Labute approximate surface area is 323 Å². The number of anilines is 1. The lowest BCUT2D eigenvalue weighted by Crippen LogP contribution is -2.37. The van der Waals surface area contributed by atoms with Crippen LogP contribution in [-0.2, 0) is 24.1 Å². The summed E-state index contributed by atoms with van der Waals surface area (Å²) in [4.78, 5) is 20.1. The zero-order valence-electron chi connectivity index (χ0n) is 33.1. The first-order valence-electron chi connectivity index (χ1n) is 20.8. The predicted octanol–water partition coefficient (Wildman–Crippen LogP) is 8.67. The lowest BCUT2D eigenvalue weighted by Gasteiger charge is -2.32. The number of rotatable bonds is 21. The number of nitrogens with zero attached hydrogens (tertiary/aromatic N) is 1. The molecular formula is C46H67N3O5. The van der Waals surface area contributed by atoms with Crippen LogP contribution in [0.5, 0.6) is 0 Å². The minimum Gasteiger partial charge on any atom is -0.481 e. The molecule has 5 rings (SSSR count). The van der Waals surface area contributed by atoms with Crippen molar-refractivity contribution in [2.24, 2.45) is 29.6 Å². The zero-order chi connectivity index (χ0) is 38.7. The molecule has 54 heavy (non-hydrogen) atoms. The zero-order valence-corrected chi connectivity index (χ0v) is 33.1. The Kier molecular flexibility index (Phi) is 15.4. The lowest BCUT2D eigenvalue weighted by molar-refractivity contribution is -0.146. The van der Waals surface area contributed by atoms with E-state index >= 15 is 0 Å². The molecule has 0 aliphatic heterocycles. The number of nitrogens with two attached hydrogens (primary N) is 1. The van der Waals surface area contributed by atoms with Crippen LogP contribution in [0.2, 0.25) is 0 Å². The Morgan fingerprint density at radius 3 is 2.41 bits per heavy atom. The molecule has 8 atom stereocenters. The van der Waals surface area contributed by atoms with Gasteiger partial charge < -0.3 is 31.1 Å². The fourth-order valence-corrected chi connectivity index (χ4v) is 9.58. The van der Waals surface area contributed by atoms with E-state index in [0.717, 1.165) is 68.3 Å². The van der Waals surface area contributed by atoms with Crippen LogP contribution in [0.4, 0.5) is 5.82 Å². The van der Waals surface area contributed by atoms with Gasteiger partial charge in [-0.3, -0.25) is 4.79 Å². The fraction of sp³-hybridized carbons (Fsp3) is 0.609. The number of nitrogen functional groups attached to an aromatic ring is 1. The molecule has 1 aromatic carbocycles. The highest BCUT2D eigenvalue weighted by molar-refractivity contribution is 5.70. The SMILES string of the molecule is CCCCCC1C=CC(CCCCCC(C(=O)O)C(O)CCC2(O)CC(Cc3ccnc(N)c3)CC2Cc2ccc(Cc3cc(C)cc(C)c3)[nH]2)C(O)C1. The first-order valence-corrected chi connectivity index (χ1v) is 20.8. The molecule has 0 radical (unpaired) electrons. The second-order valence-corrected chi connectivity index (χ2v) is 17.1. The number of benzene rings is 1. The fourth-order valence-electron chi connectivity index (χ4n) is 9.58. The maximum absolute atomic E-state index is 12.4. The summed E-state index contributed by atoms with van der Waals surface area (Å²) in [5.74, 6) is -0.535. The minimum absolute atomic E-state index is 0.0410. The molecule has 2 aliphatic carbocycles. The number of H-pyrrole nitrogens is 1. The number of aliphatic hydroxyl groups is 3. The lowest BCUT2D eigenvalue weighted by atomic mass is 9.80. The number of pyridine rings is 1. The van der Waals surface area contributed by atoms with Crippen LogP contribution in [-0.4, -0.2) is 54.2 Å². The third-order valence-corrected chi connectivity index (χ3v) is 12.4. The van der Waals surface area contributed by atoms with Crippen LogP contribution >= 0.6 is 0 Å². The third kappa shape index (κ3) is 12.3. The van der Waals surface area contributed by atoms with Crippen LogP contribution in [0.3, 0.4) is 0 Å². The van der Waals surface area contributed by atoms with Gasteiger partial charge in [0, 0.05) is 29.9 Å². The summed E-state index contributed by atoms with van der Waals surface area (Å²) in [6.45, 7) is 6.46. The molecule has 1 saturated carbocycles. The number of unbranched alkanes of at least 4 members (excludes halogenated alkanes) is 4. The predicted molar refractivity (Wildman–Crippen MR) is 217 cm³/mol. The van der Waals surface area contributed by atoms with Crippen molar-refractivity contribution in [1.29, 1.82) is 0 Å². The summed E-state index contributed by atoms with van der Waals surface area (Å²) in [6, 6.07) is 14.8. The molecule has 1 fully saturated rings. The van der Waals surface area contributed by atoms with Gasteiger partial charge >= 0.3 is 5.97 Å². The molecule has 296 valence electrons. The molecule has 8 unspecified atom stereocenters. The number of nitrogens with one attached hydrogen (secondary N) is 1. The Bertz CT molecular complexity index is 1630. The van der Waals surface area contributed by atoms with E-state index < -0.39 is 23.6 Å². The quantitative estimate of drug-likeness (QED) is 0.0472. The van der Waals surface area contributed by atoms with Gasteiger partial charge in [0.2, 0.25) is 0 Å². The normalized spacial score (nSPS) is 25.2. The van der Waals surface area contributed by atoms with Gasteiger partial charge in [-0.05, 0) is 131 Å². The minimum atomic E-state index is -1.03. The van der Waals surface area contributed by atoms with E-state index in [-0.39, 0.29) is 30.3 Å². The number of carboxylic acids is 1. The summed E-state index contributed by atoms with van der Waals surface area (Å²) in [5, 5.41) is 44.5. The number of hydrogen-bond donors (Lipinski definition) is 6. The van der Waals surface area contributed by atoms with Crippen molar-refractivity contribution in [2.75, 3.05) is 5.73 Å². The number of aromatic nitrogens is 2. The van der Waals surface area contributed by atoms with E-state index in [1.54, 1.807) is 6.20 Å². The van der Waals surface area contributed by atoms with E-state index in [0.29, 0.717) is 43.8 Å². The van der Waals surface area contributed by atoms with Gasteiger partial charge in [-0.25, -0.2) is 4.98 Å². The van der Waals surface area contributed by atoms with Crippen molar-refractivity contribution < 1.29 is 25.2 Å². The van der Waals surface area contributed by atoms with Crippen molar-refractivity contribution in [3.05, 3.63) is 94.5 Å². The van der Waals surface area contributed by atoms with Crippen molar-refractivity contribution in [2.45, 2.75) is 148 Å². The molecule has 8 heteroatoms. The number of hydrogen-bond acceptors (Lipinski definition) is 6. The van der Waals surface area contributed by atoms with Crippen molar-refractivity contribution in [3.63, 3.8) is 0 Å². The molecule has 0 spiro atoms. The van der Waals surface area contributed by atoms with Crippen LogP contribution in [0.1, 0.15) is 130 Å². The van der Waals surface area contributed by atoms with Gasteiger partial charge in [-0.15, -0.1) is 0 Å². The standard InChI is InChI=1S/C46H67N3O5/c1-4-5-7-10-33-13-14-37(43(51)27-33)11-8-6-9-12-41(45(52)53)42(50)17-19-46(54)30-36(24-34-18-20-48-44(47)28-34)25-38(46)29-40-16-15-39(49-40)26-35-22-31(2)21-32(3)23-35/h13-16,18,20-23,28,33,36-38,41-43,49-51,54H,4-12,17,19,24-27,29-30H2,1-3H3,(H2,47,48)(H,52,53). The van der Waals surface area contributed by atoms with Crippen molar-refractivity contribution in [1.82, 2.24) is 9.97 Å². The Morgan fingerprint density at radius 1 is 0.926 bits per heavy atom. The first kappa shape index (κ1) is 41.7. The van der Waals surface area contributed by atoms with Gasteiger partial charge in [0.15, 0.2) is 0 Å². The Hall–Kier alpha value is -3.46. The monoisotopic (exact) mass is 742 g/mol. The maximum Gasteiger partial charge on any atom is 0.309 e. The number of aryl methyl sites for hydroxylation is 2. The van der Waals surface area contributed by atoms with Crippen molar-refractivity contribution in [3.8, 4) is 0 Å². The highest BCUT2D eigenvalue weighted by Gasteiger charge is 2.46. The maximum atomic E-state index is 12.4. The van der Waals surface area contributed by atoms with Gasteiger partial charge in [-0.1, -0.05) is 86.9 Å². The first-order chi connectivity index (χ1) is 25.9. The van der Waals surface area contributed by atoms with Crippen LogP contribution < -0.4 is 5.73 Å². The molecule has 0 amide bonds. The van der Waals surface area contributed by atoms with Gasteiger partial charge in [0.25, 0.3) is 0 Å². The second-order valence-electron chi connectivity index (χ2n) is 17.1.